The fourth-order valence-electron chi connectivity index (χ4n) is 2.98. The van der Waals surface area contributed by atoms with Gasteiger partial charge >= 0.3 is 0 Å². The fraction of sp³-hybridized carbons (Fsp3) is 0.368. The topological polar surface area (TPSA) is 12.0 Å². The first-order chi connectivity index (χ1) is 9.86. The zero-order chi connectivity index (χ0) is 13.8. The molecule has 0 aliphatic heterocycles. The van der Waals surface area contributed by atoms with E-state index in [4.69, 9.17) is 0 Å². The minimum absolute atomic E-state index is 0.971. The van der Waals surface area contributed by atoms with Crippen LogP contribution in [0.3, 0.4) is 0 Å². The summed E-state index contributed by atoms with van der Waals surface area (Å²) in [5.74, 6) is 0. The Morgan fingerprint density at radius 2 is 1.65 bits per heavy atom. The van der Waals surface area contributed by atoms with E-state index in [-0.39, 0.29) is 0 Å². The lowest BCUT2D eigenvalue weighted by atomic mass is 9.99. The molecule has 1 N–H and O–H groups in total. The largest absolute Gasteiger partial charge is 0.313 e. The van der Waals surface area contributed by atoms with Crippen LogP contribution in [0.15, 0.2) is 42.5 Å². The van der Waals surface area contributed by atoms with Crippen molar-refractivity contribution in [1.29, 1.82) is 0 Å². The second-order valence-corrected chi connectivity index (χ2v) is 5.71. The van der Waals surface area contributed by atoms with Gasteiger partial charge in [-0.05, 0) is 60.0 Å². The van der Waals surface area contributed by atoms with Crippen LogP contribution >= 0.6 is 0 Å². The van der Waals surface area contributed by atoms with Crippen LogP contribution in [0.4, 0.5) is 0 Å². The molecular weight excluding hydrogens is 242 g/mol. The summed E-state index contributed by atoms with van der Waals surface area (Å²) >= 11 is 0. The van der Waals surface area contributed by atoms with Gasteiger partial charge in [0.05, 0.1) is 0 Å². The standard InChI is InChI=1S/C19H23N/c1-2-12-20-14-15-6-8-17(9-7-15)19-11-10-16-4-3-5-18(16)13-19/h6-11,13,20H,2-5,12,14H2,1H3. The first kappa shape index (κ1) is 13.4. The number of hydrogen-bond donors (Lipinski definition) is 1. The summed E-state index contributed by atoms with van der Waals surface area (Å²) in [6, 6.07) is 15.9. The summed E-state index contributed by atoms with van der Waals surface area (Å²) < 4.78 is 0. The van der Waals surface area contributed by atoms with Gasteiger partial charge in [-0.2, -0.15) is 0 Å². The Kier molecular flexibility index (Phi) is 4.17. The van der Waals surface area contributed by atoms with E-state index in [0.29, 0.717) is 0 Å². The smallest absolute Gasteiger partial charge is 0.0205 e. The third-order valence-corrected chi connectivity index (χ3v) is 4.14. The number of fused-ring (bicyclic) bond motifs is 1. The zero-order valence-corrected chi connectivity index (χ0v) is 12.3. The molecule has 0 bridgehead atoms. The van der Waals surface area contributed by atoms with Crippen molar-refractivity contribution in [3.63, 3.8) is 0 Å². The fourth-order valence-corrected chi connectivity index (χ4v) is 2.98. The lowest BCUT2D eigenvalue weighted by Gasteiger charge is -2.07. The maximum atomic E-state index is 3.44. The first-order valence-corrected chi connectivity index (χ1v) is 7.78. The molecule has 0 spiro atoms. The third kappa shape index (κ3) is 2.94. The number of nitrogens with one attached hydrogen (secondary N) is 1. The zero-order valence-electron chi connectivity index (χ0n) is 12.3. The van der Waals surface area contributed by atoms with Crippen molar-refractivity contribution >= 4 is 0 Å². The average molecular weight is 265 g/mol. The van der Waals surface area contributed by atoms with E-state index in [9.17, 15) is 0 Å². The van der Waals surface area contributed by atoms with Crippen molar-refractivity contribution < 1.29 is 0 Å². The molecule has 0 unspecified atom stereocenters. The van der Waals surface area contributed by atoms with Gasteiger partial charge in [-0.3, -0.25) is 0 Å². The summed E-state index contributed by atoms with van der Waals surface area (Å²) in [5.41, 5.74) is 7.16. The molecule has 0 amide bonds. The van der Waals surface area contributed by atoms with Gasteiger partial charge in [-0.15, -0.1) is 0 Å². The van der Waals surface area contributed by atoms with Crippen molar-refractivity contribution in [2.24, 2.45) is 0 Å². The second-order valence-electron chi connectivity index (χ2n) is 5.71. The highest BCUT2D eigenvalue weighted by Gasteiger charge is 2.11. The van der Waals surface area contributed by atoms with Crippen LogP contribution in [0.25, 0.3) is 11.1 Å². The van der Waals surface area contributed by atoms with Crippen molar-refractivity contribution in [2.45, 2.75) is 39.2 Å². The van der Waals surface area contributed by atoms with Crippen molar-refractivity contribution in [3.8, 4) is 11.1 Å². The monoisotopic (exact) mass is 265 g/mol. The molecule has 20 heavy (non-hydrogen) atoms. The molecule has 0 aromatic heterocycles. The lowest BCUT2D eigenvalue weighted by molar-refractivity contribution is 0.675. The van der Waals surface area contributed by atoms with Gasteiger partial charge in [0.1, 0.15) is 0 Å². The summed E-state index contributed by atoms with van der Waals surface area (Å²) in [7, 11) is 0. The molecule has 0 saturated carbocycles. The maximum absolute atomic E-state index is 3.44. The Balaban J connectivity index is 1.74. The van der Waals surface area contributed by atoms with E-state index in [2.05, 4.69) is 54.7 Å². The van der Waals surface area contributed by atoms with Gasteiger partial charge in [-0.25, -0.2) is 0 Å². The minimum Gasteiger partial charge on any atom is -0.313 e. The normalized spacial score (nSPS) is 13.4. The van der Waals surface area contributed by atoms with Crippen LogP contribution < -0.4 is 5.32 Å². The van der Waals surface area contributed by atoms with Crippen molar-refractivity contribution in [1.82, 2.24) is 5.32 Å². The van der Waals surface area contributed by atoms with Crippen LogP contribution in [-0.2, 0) is 19.4 Å². The van der Waals surface area contributed by atoms with E-state index in [1.165, 1.54) is 42.4 Å². The van der Waals surface area contributed by atoms with Gasteiger partial charge in [0.2, 0.25) is 0 Å². The molecule has 104 valence electrons. The second kappa shape index (κ2) is 6.23. The molecule has 0 atom stereocenters. The van der Waals surface area contributed by atoms with E-state index in [0.717, 1.165) is 13.1 Å². The lowest BCUT2D eigenvalue weighted by Crippen LogP contribution is -2.13. The first-order valence-electron chi connectivity index (χ1n) is 7.78. The van der Waals surface area contributed by atoms with Crippen LogP contribution in [0.1, 0.15) is 36.5 Å². The Bertz CT molecular complexity index is 569. The summed E-state index contributed by atoms with van der Waals surface area (Å²) in [5, 5.41) is 3.44. The predicted molar refractivity (Wildman–Crippen MR) is 85.9 cm³/mol. The van der Waals surface area contributed by atoms with Crippen LogP contribution in [-0.4, -0.2) is 6.54 Å². The van der Waals surface area contributed by atoms with Crippen LogP contribution in [0, 0.1) is 0 Å². The molecule has 1 aliphatic carbocycles. The van der Waals surface area contributed by atoms with Gasteiger partial charge in [0, 0.05) is 6.54 Å². The Labute approximate surface area is 122 Å². The average Bonchev–Trinajstić information content (AvgIpc) is 2.96. The van der Waals surface area contributed by atoms with Crippen LogP contribution in [0.5, 0.6) is 0 Å². The number of aryl methyl sites for hydroxylation is 2. The molecule has 0 saturated heterocycles. The highest BCUT2D eigenvalue weighted by Crippen LogP contribution is 2.28. The SMILES string of the molecule is CCCNCc1ccc(-c2ccc3c(c2)CCC3)cc1. The summed E-state index contributed by atoms with van der Waals surface area (Å²) in [6.45, 7) is 4.26. The predicted octanol–water partition coefficient (Wildman–Crippen LogP) is 4.34. The molecule has 0 radical (unpaired) electrons. The number of rotatable bonds is 5. The number of hydrogen-bond acceptors (Lipinski definition) is 1. The van der Waals surface area contributed by atoms with E-state index in [1.54, 1.807) is 11.1 Å². The van der Waals surface area contributed by atoms with Gasteiger partial charge in [0.15, 0.2) is 0 Å². The molecule has 0 fully saturated rings. The molecular formula is C19H23N. The highest BCUT2D eigenvalue weighted by molar-refractivity contribution is 5.65. The molecule has 3 rings (SSSR count). The molecule has 2 aromatic rings. The quantitative estimate of drug-likeness (QED) is 0.793. The van der Waals surface area contributed by atoms with Gasteiger partial charge in [-0.1, -0.05) is 49.4 Å². The van der Waals surface area contributed by atoms with Crippen molar-refractivity contribution in [3.05, 3.63) is 59.2 Å². The van der Waals surface area contributed by atoms with Gasteiger partial charge in [0.25, 0.3) is 0 Å². The molecule has 2 aromatic carbocycles. The van der Waals surface area contributed by atoms with Crippen molar-refractivity contribution in [2.75, 3.05) is 6.54 Å². The maximum Gasteiger partial charge on any atom is 0.0205 e. The third-order valence-electron chi connectivity index (χ3n) is 4.14. The Hall–Kier alpha value is -1.60. The highest BCUT2D eigenvalue weighted by atomic mass is 14.8. The van der Waals surface area contributed by atoms with E-state index in [1.807, 2.05) is 0 Å². The summed E-state index contributed by atoms with van der Waals surface area (Å²) in [6.07, 6.45) is 5.02. The van der Waals surface area contributed by atoms with E-state index < -0.39 is 0 Å². The molecule has 0 heterocycles. The molecule has 1 nitrogen and oxygen atoms in total. The Morgan fingerprint density at radius 1 is 0.900 bits per heavy atom. The number of benzene rings is 2. The minimum atomic E-state index is 0.971. The summed E-state index contributed by atoms with van der Waals surface area (Å²) in [4.78, 5) is 0. The molecule has 1 aliphatic rings. The molecule has 1 heteroatoms. The Morgan fingerprint density at radius 3 is 2.45 bits per heavy atom. The van der Waals surface area contributed by atoms with Crippen LogP contribution in [0.2, 0.25) is 0 Å². The van der Waals surface area contributed by atoms with Gasteiger partial charge < -0.3 is 5.32 Å². The van der Waals surface area contributed by atoms with E-state index >= 15 is 0 Å².